The van der Waals surface area contributed by atoms with E-state index in [1.807, 2.05) is 0 Å². The van der Waals surface area contributed by atoms with Crippen molar-refractivity contribution in [2.24, 2.45) is 0 Å². The number of carbonyl (C=O) groups is 1. The summed E-state index contributed by atoms with van der Waals surface area (Å²) >= 11 is 6.07. The van der Waals surface area contributed by atoms with Gasteiger partial charge in [-0.1, -0.05) is 37.6 Å². The van der Waals surface area contributed by atoms with Gasteiger partial charge in [0.15, 0.2) is 0 Å². The minimum absolute atomic E-state index is 0.0466. The summed E-state index contributed by atoms with van der Waals surface area (Å²) in [5, 5.41) is 13.6. The Labute approximate surface area is 174 Å². The van der Waals surface area contributed by atoms with Gasteiger partial charge in [0.25, 0.3) is 5.69 Å². The van der Waals surface area contributed by atoms with Crippen LogP contribution in [0.4, 0.5) is 11.4 Å². The van der Waals surface area contributed by atoms with E-state index in [0.29, 0.717) is 0 Å². The Hall–Kier alpha value is -2.75. The summed E-state index contributed by atoms with van der Waals surface area (Å²) in [7, 11) is -3.80. The smallest absolute Gasteiger partial charge is 0.276 e. The lowest BCUT2D eigenvalue weighted by atomic mass is 10.1. The molecule has 0 fully saturated rings. The van der Waals surface area contributed by atoms with E-state index in [2.05, 4.69) is 5.32 Å². The van der Waals surface area contributed by atoms with Crippen LogP contribution in [-0.4, -0.2) is 36.6 Å². The molecule has 10 heteroatoms. The summed E-state index contributed by atoms with van der Waals surface area (Å²) in [6.45, 7) is 4.00. The van der Waals surface area contributed by atoms with Gasteiger partial charge in [0.05, 0.1) is 15.5 Å². The maximum Gasteiger partial charge on any atom is 0.276 e. The molecule has 29 heavy (non-hydrogen) atoms. The number of hydrogen-bond donors (Lipinski definition) is 1. The summed E-state index contributed by atoms with van der Waals surface area (Å²) in [5.74, 6) is -0.573. The monoisotopic (exact) mass is 437 g/mol. The number of benzene rings is 2. The number of nitro groups is 1. The maximum absolute atomic E-state index is 12.7. The van der Waals surface area contributed by atoms with Gasteiger partial charge in [0.1, 0.15) is 4.90 Å². The number of rotatable bonds is 8. The van der Waals surface area contributed by atoms with E-state index in [0.717, 1.165) is 6.08 Å². The lowest BCUT2D eigenvalue weighted by Gasteiger charge is -2.19. The number of carbonyl (C=O) groups excluding carboxylic acids is 1. The number of nitro benzene ring substituents is 1. The molecule has 2 aromatic rings. The van der Waals surface area contributed by atoms with Gasteiger partial charge < -0.3 is 5.32 Å². The number of anilines is 1. The SMILES string of the molecule is CCN(CC)S(=O)(=O)c1cc(NC(=O)C=Cc2ccccc2[N+](=O)[O-])ccc1Cl. The van der Waals surface area contributed by atoms with Gasteiger partial charge in [0, 0.05) is 30.9 Å². The summed E-state index contributed by atoms with van der Waals surface area (Å²) < 4.78 is 26.7. The van der Waals surface area contributed by atoms with Crippen molar-refractivity contribution in [3.63, 3.8) is 0 Å². The van der Waals surface area contributed by atoms with E-state index in [1.165, 1.54) is 46.8 Å². The third-order valence-corrected chi connectivity index (χ3v) is 6.60. The standard InChI is InChI=1S/C19H20ClN3O5S/c1-3-22(4-2)29(27,28)18-13-15(10-11-16(18)20)21-19(24)12-9-14-7-5-6-8-17(14)23(25)26/h5-13H,3-4H2,1-2H3,(H,21,24). The minimum Gasteiger partial charge on any atom is -0.322 e. The largest absolute Gasteiger partial charge is 0.322 e. The first-order valence-corrected chi connectivity index (χ1v) is 10.5. The third kappa shape index (κ3) is 5.41. The van der Waals surface area contributed by atoms with E-state index < -0.39 is 20.9 Å². The molecule has 0 aliphatic carbocycles. The second-order valence-corrected chi connectivity index (χ2v) is 8.19. The molecule has 0 bridgehead atoms. The van der Waals surface area contributed by atoms with Crippen LogP contribution in [0.15, 0.2) is 53.4 Å². The number of nitrogens with one attached hydrogen (secondary N) is 1. The van der Waals surface area contributed by atoms with Gasteiger partial charge in [-0.2, -0.15) is 4.31 Å². The van der Waals surface area contributed by atoms with E-state index in [-0.39, 0.29) is 39.9 Å². The van der Waals surface area contributed by atoms with Crippen molar-refractivity contribution in [2.45, 2.75) is 18.7 Å². The molecule has 0 spiro atoms. The molecule has 0 heterocycles. The minimum atomic E-state index is -3.80. The molecule has 0 radical (unpaired) electrons. The molecule has 0 atom stereocenters. The second-order valence-electron chi connectivity index (χ2n) is 5.87. The van der Waals surface area contributed by atoms with E-state index in [1.54, 1.807) is 19.9 Å². The topological polar surface area (TPSA) is 110 Å². The number of amides is 1. The highest BCUT2D eigenvalue weighted by Gasteiger charge is 2.24. The molecular weight excluding hydrogens is 418 g/mol. The molecule has 0 aromatic heterocycles. The molecular formula is C19H20ClN3O5S. The first-order chi connectivity index (χ1) is 13.7. The molecule has 0 aliphatic heterocycles. The fraction of sp³-hybridized carbons (Fsp3) is 0.211. The number of sulfonamides is 1. The van der Waals surface area contributed by atoms with Crippen molar-refractivity contribution in [1.82, 2.24) is 4.31 Å². The first-order valence-electron chi connectivity index (χ1n) is 8.72. The Morgan fingerprint density at radius 3 is 2.48 bits per heavy atom. The molecule has 0 saturated carbocycles. The van der Waals surface area contributed by atoms with Crippen molar-refractivity contribution in [2.75, 3.05) is 18.4 Å². The Bertz CT molecular complexity index is 1050. The number of para-hydroxylation sites is 1. The zero-order valence-electron chi connectivity index (χ0n) is 15.8. The van der Waals surface area contributed by atoms with Gasteiger partial charge in [-0.05, 0) is 30.3 Å². The Balaban J connectivity index is 2.25. The molecule has 0 saturated heterocycles. The van der Waals surface area contributed by atoms with Crippen LogP contribution < -0.4 is 5.32 Å². The van der Waals surface area contributed by atoms with Crippen molar-refractivity contribution < 1.29 is 18.1 Å². The Morgan fingerprint density at radius 2 is 1.86 bits per heavy atom. The van der Waals surface area contributed by atoms with Crippen LogP contribution in [-0.2, 0) is 14.8 Å². The molecule has 2 aromatic carbocycles. The summed E-state index contributed by atoms with van der Waals surface area (Å²) in [6.07, 6.45) is 2.45. The first kappa shape index (κ1) is 22.5. The van der Waals surface area contributed by atoms with Crippen molar-refractivity contribution >= 4 is 45.0 Å². The van der Waals surface area contributed by atoms with Crippen LogP contribution >= 0.6 is 11.6 Å². The van der Waals surface area contributed by atoms with Gasteiger partial charge in [-0.25, -0.2) is 8.42 Å². The van der Waals surface area contributed by atoms with Crippen molar-refractivity contribution in [3.05, 3.63) is 69.2 Å². The molecule has 0 unspecified atom stereocenters. The number of hydrogen-bond acceptors (Lipinski definition) is 5. The van der Waals surface area contributed by atoms with Gasteiger partial charge in [-0.15, -0.1) is 0 Å². The summed E-state index contributed by atoms with van der Waals surface area (Å²) in [4.78, 5) is 22.6. The highest BCUT2D eigenvalue weighted by molar-refractivity contribution is 7.89. The van der Waals surface area contributed by atoms with E-state index in [9.17, 15) is 23.3 Å². The van der Waals surface area contributed by atoms with Gasteiger partial charge >= 0.3 is 0 Å². The Morgan fingerprint density at radius 1 is 1.21 bits per heavy atom. The lowest BCUT2D eigenvalue weighted by molar-refractivity contribution is -0.385. The van der Waals surface area contributed by atoms with Gasteiger partial charge in [-0.3, -0.25) is 14.9 Å². The quantitative estimate of drug-likeness (QED) is 0.382. The Kier molecular flexibility index (Phi) is 7.49. The summed E-state index contributed by atoms with van der Waals surface area (Å²) in [5.41, 5.74) is 0.376. The summed E-state index contributed by atoms with van der Waals surface area (Å²) in [6, 6.07) is 10.1. The molecule has 8 nitrogen and oxygen atoms in total. The molecule has 0 aliphatic rings. The van der Waals surface area contributed by atoms with Crippen LogP contribution in [0, 0.1) is 10.1 Å². The molecule has 154 valence electrons. The average Bonchev–Trinajstić information content (AvgIpc) is 2.68. The lowest BCUT2D eigenvalue weighted by Crippen LogP contribution is -2.30. The van der Waals surface area contributed by atoms with Crippen LogP contribution in [0.5, 0.6) is 0 Å². The van der Waals surface area contributed by atoms with Crippen LogP contribution in [0.25, 0.3) is 6.08 Å². The molecule has 1 N–H and O–H groups in total. The van der Waals surface area contributed by atoms with Crippen LogP contribution in [0.1, 0.15) is 19.4 Å². The van der Waals surface area contributed by atoms with Crippen LogP contribution in [0.3, 0.4) is 0 Å². The molecule has 2 rings (SSSR count). The number of nitrogens with zero attached hydrogens (tertiary/aromatic N) is 2. The fourth-order valence-electron chi connectivity index (χ4n) is 2.63. The molecule has 1 amide bonds. The second kappa shape index (κ2) is 9.64. The zero-order chi connectivity index (χ0) is 21.6. The highest BCUT2D eigenvalue weighted by atomic mass is 35.5. The predicted molar refractivity (Wildman–Crippen MR) is 112 cm³/mol. The van der Waals surface area contributed by atoms with Crippen molar-refractivity contribution in [3.8, 4) is 0 Å². The highest BCUT2D eigenvalue weighted by Crippen LogP contribution is 2.28. The van der Waals surface area contributed by atoms with Crippen molar-refractivity contribution in [1.29, 1.82) is 0 Å². The van der Waals surface area contributed by atoms with E-state index >= 15 is 0 Å². The van der Waals surface area contributed by atoms with Gasteiger partial charge in [0.2, 0.25) is 15.9 Å². The van der Waals surface area contributed by atoms with Crippen LogP contribution in [0.2, 0.25) is 5.02 Å². The third-order valence-electron chi connectivity index (χ3n) is 4.07. The predicted octanol–water partition coefficient (Wildman–Crippen LogP) is 3.93. The maximum atomic E-state index is 12.7. The fourth-order valence-corrected chi connectivity index (χ4v) is 4.58. The average molecular weight is 438 g/mol. The normalized spacial score (nSPS) is 11.7. The van der Waals surface area contributed by atoms with E-state index in [4.69, 9.17) is 11.6 Å². The number of halogens is 1. The zero-order valence-corrected chi connectivity index (χ0v) is 17.4.